The molecular weight excluding hydrogens is 224 g/mol. The Morgan fingerprint density at radius 1 is 0.500 bits per heavy atom. The van der Waals surface area contributed by atoms with E-state index in [1.807, 2.05) is 0 Å². The molecular formula is C16H30O2. The van der Waals surface area contributed by atoms with Crippen LogP contribution >= 0.6 is 0 Å². The van der Waals surface area contributed by atoms with Crippen molar-refractivity contribution >= 4 is 0 Å². The first-order valence-electron chi connectivity index (χ1n) is 8.03. The van der Waals surface area contributed by atoms with Crippen LogP contribution in [0.25, 0.3) is 0 Å². The van der Waals surface area contributed by atoms with Crippen molar-refractivity contribution in [2.24, 2.45) is 23.7 Å². The first-order valence-corrected chi connectivity index (χ1v) is 8.03. The molecule has 2 fully saturated rings. The van der Waals surface area contributed by atoms with Gasteiger partial charge in [0, 0.05) is 13.2 Å². The van der Waals surface area contributed by atoms with Gasteiger partial charge in [0.2, 0.25) is 0 Å². The van der Waals surface area contributed by atoms with Gasteiger partial charge in [-0.25, -0.2) is 0 Å². The minimum atomic E-state index is 0.401. The van der Waals surface area contributed by atoms with Crippen molar-refractivity contribution in [1.82, 2.24) is 0 Å². The van der Waals surface area contributed by atoms with E-state index in [1.54, 1.807) is 0 Å². The van der Waals surface area contributed by atoms with Crippen LogP contribution in [0.4, 0.5) is 0 Å². The second kappa shape index (κ2) is 7.49. The van der Waals surface area contributed by atoms with Crippen molar-refractivity contribution in [3.05, 3.63) is 0 Å². The molecule has 2 aliphatic rings. The van der Waals surface area contributed by atoms with Gasteiger partial charge in [0.15, 0.2) is 0 Å². The zero-order valence-electron chi connectivity index (χ0n) is 11.7. The summed E-state index contributed by atoms with van der Waals surface area (Å²) in [5.41, 5.74) is 0. The third-order valence-electron chi connectivity index (χ3n) is 5.43. The van der Waals surface area contributed by atoms with E-state index in [2.05, 4.69) is 0 Å². The van der Waals surface area contributed by atoms with Crippen LogP contribution < -0.4 is 0 Å². The number of aliphatic hydroxyl groups is 2. The summed E-state index contributed by atoms with van der Waals surface area (Å²) in [6.45, 7) is 0.801. The molecule has 106 valence electrons. The van der Waals surface area contributed by atoms with Gasteiger partial charge >= 0.3 is 0 Å². The maximum absolute atomic E-state index is 9.14. The number of hydrogen-bond donors (Lipinski definition) is 2. The second-order valence-electron chi connectivity index (χ2n) is 6.72. The molecule has 18 heavy (non-hydrogen) atoms. The van der Waals surface area contributed by atoms with Crippen molar-refractivity contribution < 1.29 is 10.2 Å². The lowest BCUT2D eigenvalue weighted by atomic mass is 9.76. The molecule has 0 heterocycles. The van der Waals surface area contributed by atoms with Crippen LogP contribution in [0.15, 0.2) is 0 Å². The van der Waals surface area contributed by atoms with E-state index in [-0.39, 0.29) is 0 Å². The average molecular weight is 254 g/mol. The SMILES string of the molecule is OCC1CCC(CCC2CCC(CO)CC2)CC1. The molecule has 2 saturated carbocycles. The number of hydrogen-bond acceptors (Lipinski definition) is 2. The van der Waals surface area contributed by atoms with Crippen LogP contribution in [0.5, 0.6) is 0 Å². The van der Waals surface area contributed by atoms with Gasteiger partial charge < -0.3 is 10.2 Å². The summed E-state index contributed by atoms with van der Waals surface area (Å²) in [5, 5.41) is 18.3. The van der Waals surface area contributed by atoms with E-state index in [4.69, 9.17) is 10.2 Å². The molecule has 2 rings (SSSR count). The summed E-state index contributed by atoms with van der Waals surface area (Å²) in [6.07, 6.45) is 13.2. The highest BCUT2D eigenvalue weighted by Gasteiger charge is 2.24. The molecule has 0 saturated heterocycles. The van der Waals surface area contributed by atoms with Crippen LogP contribution in [0.1, 0.15) is 64.2 Å². The summed E-state index contributed by atoms with van der Waals surface area (Å²) >= 11 is 0. The van der Waals surface area contributed by atoms with Gasteiger partial charge in [0.1, 0.15) is 0 Å². The van der Waals surface area contributed by atoms with Crippen LogP contribution in [-0.2, 0) is 0 Å². The first kappa shape index (κ1) is 14.3. The van der Waals surface area contributed by atoms with Crippen molar-refractivity contribution in [2.75, 3.05) is 13.2 Å². The fraction of sp³-hybridized carbons (Fsp3) is 1.00. The van der Waals surface area contributed by atoms with E-state index in [1.165, 1.54) is 64.2 Å². The first-order chi connectivity index (χ1) is 8.81. The molecule has 0 atom stereocenters. The summed E-state index contributed by atoms with van der Waals surface area (Å²) in [5.74, 6) is 3.06. The smallest absolute Gasteiger partial charge is 0.0459 e. The third kappa shape index (κ3) is 4.24. The average Bonchev–Trinajstić information content (AvgIpc) is 2.46. The molecule has 0 amide bonds. The lowest BCUT2D eigenvalue weighted by Crippen LogP contribution is -2.20. The van der Waals surface area contributed by atoms with E-state index in [0.717, 1.165) is 11.8 Å². The van der Waals surface area contributed by atoms with Crippen LogP contribution in [0.2, 0.25) is 0 Å². The second-order valence-corrected chi connectivity index (χ2v) is 6.72. The number of rotatable bonds is 5. The fourth-order valence-electron chi connectivity index (χ4n) is 3.88. The molecule has 0 aromatic heterocycles. The van der Waals surface area contributed by atoms with E-state index >= 15 is 0 Å². The third-order valence-corrected chi connectivity index (χ3v) is 5.43. The molecule has 2 heteroatoms. The van der Waals surface area contributed by atoms with Crippen molar-refractivity contribution in [2.45, 2.75) is 64.2 Å². The van der Waals surface area contributed by atoms with Gasteiger partial charge in [0.05, 0.1) is 0 Å². The molecule has 0 aromatic rings. The largest absolute Gasteiger partial charge is 0.396 e. The molecule has 0 radical (unpaired) electrons. The standard InChI is InChI=1S/C16H30O2/c17-11-15-7-3-13(4-8-15)1-2-14-5-9-16(12-18)10-6-14/h13-18H,1-12H2. The highest BCUT2D eigenvalue weighted by atomic mass is 16.3. The Kier molecular flexibility index (Phi) is 5.97. The summed E-state index contributed by atoms with van der Waals surface area (Å²) in [7, 11) is 0. The lowest BCUT2D eigenvalue weighted by Gasteiger charge is -2.31. The minimum Gasteiger partial charge on any atom is -0.396 e. The van der Waals surface area contributed by atoms with Crippen molar-refractivity contribution in [1.29, 1.82) is 0 Å². The predicted octanol–water partition coefficient (Wildman–Crippen LogP) is 3.36. The predicted molar refractivity (Wildman–Crippen MR) is 74.3 cm³/mol. The molecule has 2 aliphatic carbocycles. The van der Waals surface area contributed by atoms with E-state index < -0.39 is 0 Å². The van der Waals surface area contributed by atoms with Gasteiger partial charge in [-0.1, -0.05) is 38.5 Å². The molecule has 2 nitrogen and oxygen atoms in total. The molecule has 0 unspecified atom stereocenters. The van der Waals surface area contributed by atoms with E-state index in [0.29, 0.717) is 25.0 Å². The molecule has 0 bridgehead atoms. The zero-order chi connectivity index (χ0) is 12.8. The Hall–Kier alpha value is -0.0800. The highest BCUT2D eigenvalue weighted by molar-refractivity contribution is 4.76. The van der Waals surface area contributed by atoms with Gasteiger partial charge in [0.25, 0.3) is 0 Å². The Morgan fingerprint density at radius 2 is 0.778 bits per heavy atom. The Labute approximate surface area is 112 Å². The minimum absolute atomic E-state index is 0.401. The monoisotopic (exact) mass is 254 g/mol. The van der Waals surface area contributed by atoms with Gasteiger partial charge in [-0.2, -0.15) is 0 Å². The maximum atomic E-state index is 9.14. The highest BCUT2D eigenvalue weighted by Crippen LogP contribution is 2.36. The van der Waals surface area contributed by atoms with Crippen LogP contribution in [0.3, 0.4) is 0 Å². The fourth-order valence-corrected chi connectivity index (χ4v) is 3.88. The molecule has 0 spiro atoms. The Bertz CT molecular complexity index is 189. The van der Waals surface area contributed by atoms with Gasteiger partial charge in [-0.05, 0) is 49.4 Å². The number of aliphatic hydroxyl groups excluding tert-OH is 2. The topological polar surface area (TPSA) is 40.5 Å². The zero-order valence-corrected chi connectivity index (χ0v) is 11.7. The Balaban J connectivity index is 1.58. The molecule has 0 aromatic carbocycles. The summed E-state index contributed by atoms with van der Waals surface area (Å²) in [6, 6.07) is 0. The summed E-state index contributed by atoms with van der Waals surface area (Å²) < 4.78 is 0. The Morgan fingerprint density at radius 3 is 1.06 bits per heavy atom. The van der Waals surface area contributed by atoms with Crippen LogP contribution in [-0.4, -0.2) is 23.4 Å². The van der Waals surface area contributed by atoms with E-state index in [9.17, 15) is 0 Å². The normalized spacial score (nSPS) is 37.7. The van der Waals surface area contributed by atoms with Crippen molar-refractivity contribution in [3.63, 3.8) is 0 Å². The van der Waals surface area contributed by atoms with Gasteiger partial charge in [-0.3, -0.25) is 0 Å². The lowest BCUT2D eigenvalue weighted by molar-refractivity contribution is 0.146. The molecule has 0 aliphatic heterocycles. The van der Waals surface area contributed by atoms with Crippen LogP contribution in [0, 0.1) is 23.7 Å². The van der Waals surface area contributed by atoms with Gasteiger partial charge in [-0.15, -0.1) is 0 Å². The quantitative estimate of drug-likeness (QED) is 0.790. The maximum Gasteiger partial charge on any atom is 0.0459 e. The summed E-state index contributed by atoms with van der Waals surface area (Å²) in [4.78, 5) is 0. The van der Waals surface area contributed by atoms with Crippen molar-refractivity contribution in [3.8, 4) is 0 Å². The molecule has 2 N–H and O–H groups in total.